The second-order valence-corrected chi connectivity index (χ2v) is 6.38. The molecule has 4 aromatic rings. The second-order valence-electron chi connectivity index (χ2n) is 5.60. The first kappa shape index (κ1) is 16.3. The van der Waals surface area contributed by atoms with Crippen molar-refractivity contribution in [3.05, 3.63) is 57.5 Å². The van der Waals surface area contributed by atoms with Crippen molar-refractivity contribution < 1.29 is 14.1 Å². The summed E-state index contributed by atoms with van der Waals surface area (Å²) in [7, 11) is 1.66. The van der Waals surface area contributed by atoms with Gasteiger partial charge < -0.3 is 9.26 Å². The highest BCUT2D eigenvalue weighted by molar-refractivity contribution is 7.08. The van der Waals surface area contributed by atoms with Gasteiger partial charge in [-0.3, -0.25) is 13.9 Å². The largest absolute Gasteiger partial charge is 0.454 e. The molecule has 0 aliphatic carbocycles. The van der Waals surface area contributed by atoms with E-state index in [9.17, 15) is 9.59 Å². The molecule has 9 heteroatoms. The highest BCUT2D eigenvalue weighted by Gasteiger charge is 2.15. The maximum absolute atomic E-state index is 12.3. The van der Waals surface area contributed by atoms with E-state index in [1.54, 1.807) is 13.1 Å². The van der Waals surface area contributed by atoms with Crippen LogP contribution in [0.4, 0.5) is 0 Å². The SMILES string of the molecule is Cn1c(=O)n(CC(=O)OCc2nc(-c3ccsc3)no2)c2ccccc21. The van der Waals surface area contributed by atoms with Crippen LogP contribution in [0.1, 0.15) is 5.89 Å². The molecule has 0 saturated carbocycles. The summed E-state index contributed by atoms with van der Waals surface area (Å²) in [6.45, 7) is -0.332. The number of ether oxygens (including phenoxy) is 1. The molecule has 0 atom stereocenters. The lowest BCUT2D eigenvalue weighted by Crippen LogP contribution is -2.26. The van der Waals surface area contributed by atoms with Gasteiger partial charge in [-0.05, 0) is 23.6 Å². The summed E-state index contributed by atoms with van der Waals surface area (Å²) >= 11 is 1.53. The number of aryl methyl sites for hydroxylation is 1. The van der Waals surface area contributed by atoms with E-state index in [4.69, 9.17) is 9.26 Å². The van der Waals surface area contributed by atoms with Crippen molar-refractivity contribution in [2.75, 3.05) is 0 Å². The van der Waals surface area contributed by atoms with Crippen molar-refractivity contribution in [3.8, 4) is 11.4 Å². The zero-order chi connectivity index (χ0) is 18.1. The average molecular weight is 370 g/mol. The summed E-state index contributed by atoms with van der Waals surface area (Å²) in [6, 6.07) is 9.13. The van der Waals surface area contributed by atoms with E-state index in [-0.39, 0.29) is 24.7 Å². The van der Waals surface area contributed by atoms with Gasteiger partial charge in [-0.15, -0.1) is 0 Å². The van der Waals surface area contributed by atoms with Gasteiger partial charge in [0, 0.05) is 18.0 Å². The monoisotopic (exact) mass is 370 g/mol. The Morgan fingerprint density at radius 3 is 2.85 bits per heavy atom. The van der Waals surface area contributed by atoms with E-state index < -0.39 is 5.97 Å². The van der Waals surface area contributed by atoms with E-state index in [0.29, 0.717) is 11.3 Å². The molecule has 0 N–H and O–H groups in total. The van der Waals surface area contributed by atoms with Crippen LogP contribution in [0.15, 0.2) is 50.4 Å². The third-order valence-corrected chi connectivity index (χ3v) is 4.63. The maximum Gasteiger partial charge on any atom is 0.329 e. The Morgan fingerprint density at radius 1 is 1.27 bits per heavy atom. The van der Waals surface area contributed by atoms with Crippen LogP contribution in [-0.4, -0.2) is 25.2 Å². The molecule has 0 spiro atoms. The molecule has 0 aliphatic heterocycles. The number of nitrogens with zero attached hydrogens (tertiary/aromatic N) is 4. The molecule has 1 aromatic carbocycles. The van der Waals surface area contributed by atoms with Crippen LogP contribution >= 0.6 is 11.3 Å². The van der Waals surface area contributed by atoms with Crippen LogP contribution in [-0.2, 0) is 29.7 Å². The summed E-state index contributed by atoms with van der Waals surface area (Å²) in [4.78, 5) is 28.6. The quantitative estimate of drug-likeness (QED) is 0.500. The van der Waals surface area contributed by atoms with E-state index in [1.165, 1.54) is 20.5 Å². The number of imidazole rings is 1. The Kier molecular flexibility index (Phi) is 4.13. The van der Waals surface area contributed by atoms with E-state index in [2.05, 4.69) is 10.1 Å². The summed E-state index contributed by atoms with van der Waals surface area (Å²) in [5.74, 6) is 0.0890. The summed E-state index contributed by atoms with van der Waals surface area (Å²) in [5, 5.41) is 7.66. The number of esters is 1. The molecule has 3 aromatic heterocycles. The first-order chi connectivity index (χ1) is 12.6. The third kappa shape index (κ3) is 2.93. The predicted octanol–water partition coefficient (Wildman–Crippen LogP) is 2.19. The molecular formula is C17H14N4O4S. The average Bonchev–Trinajstić information content (AvgIpc) is 3.38. The number of carbonyl (C=O) groups is 1. The number of benzene rings is 1. The van der Waals surface area contributed by atoms with Gasteiger partial charge in [-0.2, -0.15) is 16.3 Å². The minimum absolute atomic E-state index is 0.143. The first-order valence-electron chi connectivity index (χ1n) is 7.78. The lowest BCUT2D eigenvalue weighted by Gasteiger charge is -2.03. The highest BCUT2D eigenvalue weighted by atomic mass is 32.1. The van der Waals surface area contributed by atoms with Crippen molar-refractivity contribution in [1.82, 2.24) is 19.3 Å². The lowest BCUT2D eigenvalue weighted by atomic mass is 10.3. The number of aromatic nitrogens is 4. The smallest absolute Gasteiger partial charge is 0.329 e. The molecular weight excluding hydrogens is 356 g/mol. The van der Waals surface area contributed by atoms with Crippen LogP contribution < -0.4 is 5.69 Å². The number of fused-ring (bicyclic) bond motifs is 1. The summed E-state index contributed by atoms with van der Waals surface area (Å²) in [6.07, 6.45) is 0. The number of para-hydroxylation sites is 2. The van der Waals surface area contributed by atoms with Crippen molar-refractivity contribution in [1.29, 1.82) is 0 Å². The van der Waals surface area contributed by atoms with Crippen LogP contribution in [0.2, 0.25) is 0 Å². The van der Waals surface area contributed by atoms with Gasteiger partial charge in [0.2, 0.25) is 5.82 Å². The Labute approximate surface area is 151 Å². The molecule has 0 unspecified atom stereocenters. The topological polar surface area (TPSA) is 92.2 Å². The van der Waals surface area contributed by atoms with Crippen LogP contribution in [0.5, 0.6) is 0 Å². The molecule has 0 fully saturated rings. The van der Waals surface area contributed by atoms with Crippen molar-refractivity contribution >= 4 is 28.3 Å². The number of thiophene rings is 1. The van der Waals surface area contributed by atoms with Gasteiger partial charge in [0.15, 0.2) is 6.61 Å². The molecule has 0 saturated heterocycles. The van der Waals surface area contributed by atoms with Crippen molar-refractivity contribution in [2.45, 2.75) is 13.2 Å². The zero-order valence-electron chi connectivity index (χ0n) is 13.8. The molecule has 132 valence electrons. The maximum atomic E-state index is 12.3. The van der Waals surface area contributed by atoms with Gasteiger partial charge >= 0.3 is 11.7 Å². The Morgan fingerprint density at radius 2 is 2.08 bits per heavy atom. The summed E-state index contributed by atoms with van der Waals surface area (Å²) in [5.41, 5.74) is 2.00. The Bertz CT molecular complexity index is 1120. The third-order valence-electron chi connectivity index (χ3n) is 3.94. The molecule has 0 radical (unpaired) electrons. The van der Waals surface area contributed by atoms with Crippen LogP contribution in [0, 0.1) is 0 Å². The van der Waals surface area contributed by atoms with E-state index in [1.807, 2.05) is 35.0 Å². The number of carbonyl (C=O) groups excluding carboxylic acids is 1. The van der Waals surface area contributed by atoms with Gasteiger partial charge in [-0.25, -0.2) is 4.79 Å². The minimum Gasteiger partial charge on any atom is -0.454 e. The van der Waals surface area contributed by atoms with Crippen molar-refractivity contribution in [3.63, 3.8) is 0 Å². The molecule has 0 bridgehead atoms. The predicted molar refractivity (Wildman–Crippen MR) is 94.6 cm³/mol. The van der Waals surface area contributed by atoms with Gasteiger partial charge in [-0.1, -0.05) is 17.3 Å². The molecule has 3 heterocycles. The fraction of sp³-hybridized carbons (Fsp3) is 0.176. The molecule has 4 rings (SSSR count). The number of rotatable bonds is 5. The van der Waals surface area contributed by atoms with Crippen LogP contribution in [0.25, 0.3) is 22.4 Å². The van der Waals surface area contributed by atoms with Crippen molar-refractivity contribution in [2.24, 2.45) is 7.05 Å². The molecule has 0 amide bonds. The highest BCUT2D eigenvalue weighted by Crippen LogP contribution is 2.19. The molecule has 26 heavy (non-hydrogen) atoms. The van der Waals surface area contributed by atoms with Gasteiger partial charge in [0.05, 0.1) is 11.0 Å². The van der Waals surface area contributed by atoms with Gasteiger partial charge in [0.1, 0.15) is 6.54 Å². The Hall–Kier alpha value is -3.20. The fourth-order valence-electron chi connectivity index (χ4n) is 2.66. The normalized spacial score (nSPS) is 11.1. The number of hydrogen-bond donors (Lipinski definition) is 0. The second kappa shape index (κ2) is 6.60. The summed E-state index contributed by atoms with van der Waals surface area (Å²) < 4.78 is 13.1. The first-order valence-corrected chi connectivity index (χ1v) is 8.73. The lowest BCUT2D eigenvalue weighted by molar-refractivity contribution is -0.146. The molecule has 0 aliphatic rings. The standard InChI is InChI=1S/C17H14N4O4S/c1-20-12-4-2-3-5-13(12)21(17(20)23)8-15(22)24-9-14-18-16(19-25-14)11-6-7-26-10-11/h2-7,10H,8-9H2,1H3. The zero-order valence-corrected chi connectivity index (χ0v) is 14.6. The molecule has 8 nitrogen and oxygen atoms in total. The van der Waals surface area contributed by atoms with Gasteiger partial charge in [0.25, 0.3) is 5.89 Å². The fourth-order valence-corrected chi connectivity index (χ4v) is 3.29. The van der Waals surface area contributed by atoms with E-state index >= 15 is 0 Å². The van der Waals surface area contributed by atoms with E-state index in [0.717, 1.165) is 11.1 Å². The minimum atomic E-state index is -0.557. The number of hydrogen-bond acceptors (Lipinski definition) is 7. The van der Waals surface area contributed by atoms with Crippen LogP contribution in [0.3, 0.4) is 0 Å². The Balaban J connectivity index is 1.45.